The molecular weight excluding hydrogens is 532 g/mol. The topological polar surface area (TPSA) is 114 Å². The number of morpholine rings is 1. The smallest absolute Gasteiger partial charge is 0.274 e. The summed E-state index contributed by atoms with van der Waals surface area (Å²) in [6.45, 7) is 11.7. The van der Waals surface area contributed by atoms with Crippen molar-refractivity contribution in [2.45, 2.75) is 25.8 Å². The van der Waals surface area contributed by atoms with Crippen molar-refractivity contribution < 1.29 is 19.0 Å². The highest BCUT2D eigenvalue weighted by Gasteiger charge is 2.16. The van der Waals surface area contributed by atoms with E-state index in [1.807, 2.05) is 36.4 Å². The molecule has 0 bridgehead atoms. The Morgan fingerprint density at radius 2 is 1.76 bits per heavy atom. The minimum Gasteiger partial charge on any atom is -0.486 e. The zero-order chi connectivity index (χ0) is 29.1. The lowest BCUT2D eigenvalue weighted by Crippen LogP contribution is -2.36. The van der Waals surface area contributed by atoms with Crippen molar-refractivity contribution in [1.82, 2.24) is 14.8 Å². The number of unbranched alkanes of at least 4 members (excludes halogenated alkanes) is 2. The van der Waals surface area contributed by atoms with Gasteiger partial charge in [-0.3, -0.25) is 14.7 Å². The van der Waals surface area contributed by atoms with Crippen molar-refractivity contribution in [3.05, 3.63) is 84.5 Å². The minimum atomic E-state index is -0.304. The molecule has 1 fully saturated rings. The van der Waals surface area contributed by atoms with Crippen molar-refractivity contribution in [1.29, 1.82) is 0 Å². The van der Waals surface area contributed by atoms with Crippen LogP contribution in [0.25, 0.3) is 0 Å². The van der Waals surface area contributed by atoms with Gasteiger partial charge in [0.25, 0.3) is 5.91 Å². The Morgan fingerprint density at radius 1 is 0.952 bits per heavy atom. The number of carbonyl (C=O) groups excluding carboxylic acids is 1. The SMILES string of the molecule is C=C(Nc1ccc2c(c1)OCCO2)N(CCCCCN1CCOCC1)Cc1ccc(C(=O)Nc2ccccc2N)nc1. The molecular formula is C32H40N6O4. The van der Waals surface area contributed by atoms with Gasteiger partial charge in [-0.2, -0.15) is 0 Å². The molecule has 2 aromatic carbocycles. The molecule has 42 heavy (non-hydrogen) atoms. The van der Waals surface area contributed by atoms with Crippen LogP contribution in [-0.4, -0.2) is 73.3 Å². The number of hydrogen-bond donors (Lipinski definition) is 3. The van der Waals surface area contributed by atoms with E-state index in [-0.39, 0.29) is 5.91 Å². The molecule has 0 atom stereocenters. The Labute approximate surface area is 247 Å². The average Bonchev–Trinajstić information content (AvgIpc) is 3.02. The third kappa shape index (κ3) is 8.14. The van der Waals surface area contributed by atoms with Gasteiger partial charge in [0.1, 0.15) is 18.9 Å². The fourth-order valence-electron chi connectivity index (χ4n) is 4.99. The fraction of sp³-hybridized carbons (Fsp3) is 0.375. The van der Waals surface area contributed by atoms with Gasteiger partial charge in [-0.05, 0) is 55.3 Å². The molecule has 1 aromatic heterocycles. The van der Waals surface area contributed by atoms with Gasteiger partial charge < -0.3 is 35.5 Å². The van der Waals surface area contributed by atoms with Crippen LogP contribution in [0, 0.1) is 0 Å². The van der Waals surface area contributed by atoms with E-state index in [2.05, 4.69) is 32.0 Å². The number of para-hydroxylation sites is 2. The van der Waals surface area contributed by atoms with Crippen LogP contribution in [0.5, 0.6) is 11.5 Å². The van der Waals surface area contributed by atoms with Crippen LogP contribution in [0.15, 0.2) is 73.2 Å². The maximum absolute atomic E-state index is 12.7. The van der Waals surface area contributed by atoms with E-state index in [0.29, 0.717) is 36.8 Å². The van der Waals surface area contributed by atoms with Gasteiger partial charge >= 0.3 is 0 Å². The first-order valence-corrected chi connectivity index (χ1v) is 14.6. The second kappa shape index (κ2) is 14.6. The number of amides is 1. The molecule has 0 saturated carbocycles. The molecule has 10 nitrogen and oxygen atoms in total. The molecule has 10 heteroatoms. The quantitative estimate of drug-likeness (QED) is 0.200. The highest BCUT2D eigenvalue weighted by atomic mass is 16.6. The number of ether oxygens (including phenoxy) is 3. The van der Waals surface area contributed by atoms with E-state index in [4.69, 9.17) is 19.9 Å². The number of hydrogen-bond acceptors (Lipinski definition) is 9. The summed E-state index contributed by atoms with van der Waals surface area (Å²) in [5.41, 5.74) is 9.22. The van der Waals surface area contributed by atoms with E-state index in [9.17, 15) is 4.79 Å². The lowest BCUT2D eigenvalue weighted by atomic mass is 10.2. The van der Waals surface area contributed by atoms with E-state index in [1.54, 1.807) is 24.4 Å². The number of nitrogens with two attached hydrogens (primary N) is 1. The van der Waals surface area contributed by atoms with Crippen molar-refractivity contribution in [2.75, 3.05) is 69.0 Å². The number of nitrogen functional groups attached to an aromatic ring is 1. The van der Waals surface area contributed by atoms with Gasteiger partial charge in [0.2, 0.25) is 0 Å². The van der Waals surface area contributed by atoms with Crippen molar-refractivity contribution in [3.63, 3.8) is 0 Å². The molecule has 3 aromatic rings. The Balaban J connectivity index is 1.20. The second-order valence-corrected chi connectivity index (χ2v) is 10.5. The molecule has 3 heterocycles. The minimum absolute atomic E-state index is 0.304. The van der Waals surface area contributed by atoms with Gasteiger partial charge in [-0.1, -0.05) is 31.2 Å². The molecule has 222 valence electrons. The van der Waals surface area contributed by atoms with Crippen molar-refractivity contribution in [2.24, 2.45) is 0 Å². The van der Waals surface area contributed by atoms with Crippen LogP contribution in [0.2, 0.25) is 0 Å². The van der Waals surface area contributed by atoms with Crippen LogP contribution in [-0.2, 0) is 11.3 Å². The van der Waals surface area contributed by atoms with Crippen LogP contribution < -0.4 is 25.8 Å². The summed E-state index contributed by atoms with van der Waals surface area (Å²) in [7, 11) is 0. The number of fused-ring (bicyclic) bond motifs is 1. The largest absolute Gasteiger partial charge is 0.486 e. The molecule has 2 aliphatic rings. The van der Waals surface area contributed by atoms with E-state index in [1.165, 1.54) is 0 Å². The number of benzene rings is 2. The number of rotatable bonds is 13. The Kier molecular flexibility index (Phi) is 10.1. The van der Waals surface area contributed by atoms with E-state index in [0.717, 1.165) is 87.2 Å². The molecule has 5 rings (SSSR count). The molecule has 2 aliphatic heterocycles. The maximum atomic E-state index is 12.7. The van der Waals surface area contributed by atoms with Gasteiger partial charge in [-0.15, -0.1) is 0 Å². The maximum Gasteiger partial charge on any atom is 0.274 e. The summed E-state index contributed by atoms with van der Waals surface area (Å²) in [6, 6.07) is 16.6. The summed E-state index contributed by atoms with van der Waals surface area (Å²) in [5.74, 6) is 1.95. The molecule has 0 unspecified atom stereocenters. The summed E-state index contributed by atoms with van der Waals surface area (Å²) in [6.07, 6.45) is 5.03. The Morgan fingerprint density at radius 3 is 2.55 bits per heavy atom. The first-order chi connectivity index (χ1) is 20.5. The number of anilines is 3. The first kappa shape index (κ1) is 29.2. The van der Waals surface area contributed by atoms with Crippen LogP contribution in [0.3, 0.4) is 0 Å². The molecule has 0 spiro atoms. The highest BCUT2D eigenvalue weighted by molar-refractivity contribution is 6.04. The van der Waals surface area contributed by atoms with Gasteiger partial charge in [-0.25, -0.2) is 0 Å². The molecule has 1 saturated heterocycles. The molecule has 0 aliphatic carbocycles. The van der Waals surface area contributed by atoms with Gasteiger partial charge in [0, 0.05) is 44.1 Å². The highest BCUT2D eigenvalue weighted by Crippen LogP contribution is 2.33. The number of nitrogens with one attached hydrogen (secondary N) is 2. The monoisotopic (exact) mass is 572 g/mol. The fourth-order valence-corrected chi connectivity index (χ4v) is 4.99. The first-order valence-electron chi connectivity index (χ1n) is 14.6. The van der Waals surface area contributed by atoms with Crippen LogP contribution in [0.4, 0.5) is 17.1 Å². The lowest BCUT2D eigenvalue weighted by molar-refractivity contribution is 0.0371. The summed E-state index contributed by atoms with van der Waals surface area (Å²) < 4.78 is 16.9. The van der Waals surface area contributed by atoms with Crippen LogP contribution in [0.1, 0.15) is 35.3 Å². The molecule has 4 N–H and O–H groups in total. The third-order valence-corrected chi connectivity index (χ3v) is 7.36. The number of carbonyl (C=O) groups is 1. The normalized spacial score (nSPS) is 14.7. The van der Waals surface area contributed by atoms with E-state index >= 15 is 0 Å². The second-order valence-electron chi connectivity index (χ2n) is 10.5. The Bertz CT molecular complexity index is 1340. The number of nitrogens with zero attached hydrogens (tertiary/aromatic N) is 3. The standard InChI is InChI=1S/C32H40N6O4/c1-24(35-26-10-12-30-31(21-26)42-20-19-41-30)38(14-6-2-5-13-37-15-17-40-18-16-37)23-25-9-11-29(34-22-25)32(39)36-28-8-4-3-7-27(28)33/h3-4,7-12,21-22,35H,1-2,5-6,13-20,23,33H2,(H,36,39). The van der Waals surface area contributed by atoms with Gasteiger partial charge in [0.05, 0.1) is 30.4 Å². The van der Waals surface area contributed by atoms with Crippen molar-refractivity contribution >= 4 is 23.0 Å². The molecule has 1 amide bonds. The third-order valence-electron chi connectivity index (χ3n) is 7.36. The Hall–Kier alpha value is -4.28. The predicted molar refractivity (Wildman–Crippen MR) is 165 cm³/mol. The summed E-state index contributed by atoms with van der Waals surface area (Å²) in [5, 5.41) is 6.27. The number of pyridine rings is 1. The predicted octanol–water partition coefficient (Wildman–Crippen LogP) is 4.58. The van der Waals surface area contributed by atoms with E-state index < -0.39 is 0 Å². The zero-order valence-electron chi connectivity index (χ0n) is 24.0. The van der Waals surface area contributed by atoms with Crippen LogP contribution >= 0.6 is 0 Å². The lowest BCUT2D eigenvalue weighted by Gasteiger charge is -2.29. The average molecular weight is 573 g/mol. The van der Waals surface area contributed by atoms with Crippen molar-refractivity contribution in [3.8, 4) is 11.5 Å². The summed E-state index contributed by atoms with van der Waals surface area (Å²) >= 11 is 0. The summed E-state index contributed by atoms with van der Waals surface area (Å²) in [4.78, 5) is 21.9. The number of aromatic nitrogens is 1. The zero-order valence-corrected chi connectivity index (χ0v) is 24.0. The molecule has 0 radical (unpaired) electrons. The van der Waals surface area contributed by atoms with Gasteiger partial charge in [0.15, 0.2) is 11.5 Å².